The number of aliphatic hydroxyl groups excluding tert-OH is 1. The van der Waals surface area contributed by atoms with Crippen LogP contribution in [-0.4, -0.2) is 43.9 Å². The van der Waals surface area contributed by atoms with Gasteiger partial charge >= 0.3 is 0 Å². The van der Waals surface area contributed by atoms with Crippen LogP contribution in [0.5, 0.6) is 0 Å². The van der Waals surface area contributed by atoms with Crippen molar-refractivity contribution >= 4 is 23.2 Å². The molecule has 1 atom stereocenters. The maximum atomic E-state index is 15.6. The van der Waals surface area contributed by atoms with Crippen molar-refractivity contribution in [2.24, 2.45) is 5.92 Å². The Kier molecular flexibility index (Phi) is 8.06. The van der Waals surface area contributed by atoms with E-state index in [1.165, 1.54) is 12.4 Å². The highest BCUT2D eigenvalue weighted by Crippen LogP contribution is 2.40. The second kappa shape index (κ2) is 10.8. The molecule has 0 aliphatic rings. The maximum absolute atomic E-state index is 15.6. The Balaban J connectivity index is 2.27. The number of fused-ring (bicyclic) bond motifs is 1. The largest absolute Gasteiger partial charge is 0.396 e. The molecule has 1 N–H and O–H groups in total. The van der Waals surface area contributed by atoms with E-state index >= 15 is 4.39 Å². The average molecular weight is 470 g/mol. The minimum atomic E-state index is -0.443. The first-order valence-corrected chi connectivity index (χ1v) is 11.3. The molecule has 0 aliphatic carbocycles. The van der Waals surface area contributed by atoms with Crippen molar-refractivity contribution in [3.8, 4) is 23.0 Å². The van der Waals surface area contributed by atoms with Gasteiger partial charge in [-0.05, 0) is 43.9 Å². The lowest BCUT2D eigenvalue weighted by Gasteiger charge is -2.34. The van der Waals surface area contributed by atoms with Crippen molar-refractivity contribution in [2.45, 2.75) is 46.6 Å². The predicted octanol–water partition coefficient (Wildman–Crippen LogP) is 5.05. The topological polar surface area (TPSA) is 66.5 Å². The van der Waals surface area contributed by atoms with E-state index in [4.69, 9.17) is 16.7 Å². The number of aliphatic hydroxyl groups is 1. The zero-order valence-corrected chi connectivity index (χ0v) is 20.2. The van der Waals surface area contributed by atoms with E-state index in [2.05, 4.69) is 59.2 Å². The summed E-state index contributed by atoms with van der Waals surface area (Å²) in [5, 5.41) is 13.4. The summed E-state index contributed by atoms with van der Waals surface area (Å²) in [6.45, 7) is 12.7. The molecule has 0 saturated carbocycles. The molecule has 0 spiro atoms. The van der Waals surface area contributed by atoms with Gasteiger partial charge in [0.1, 0.15) is 23.1 Å². The highest BCUT2D eigenvalue weighted by Gasteiger charge is 2.28. The minimum absolute atomic E-state index is 0.0765. The van der Waals surface area contributed by atoms with Crippen LogP contribution >= 0.6 is 11.6 Å². The molecular weight excluding hydrogens is 441 g/mol. The molecule has 174 valence electrons. The highest BCUT2D eigenvalue weighted by molar-refractivity contribution is 6.33. The molecule has 0 aliphatic heterocycles. The molecule has 8 heteroatoms. The van der Waals surface area contributed by atoms with Gasteiger partial charge in [-0.15, -0.1) is 6.58 Å². The first-order chi connectivity index (χ1) is 15.8. The lowest BCUT2D eigenvalue weighted by atomic mass is 9.97. The summed E-state index contributed by atoms with van der Waals surface area (Å²) in [4.78, 5) is 10.7. The third kappa shape index (κ3) is 5.18. The molecule has 3 aromatic rings. The maximum Gasteiger partial charge on any atom is 0.255 e. The van der Waals surface area contributed by atoms with Gasteiger partial charge in [-0.1, -0.05) is 43.4 Å². The van der Waals surface area contributed by atoms with Crippen LogP contribution in [0.25, 0.3) is 16.9 Å². The smallest absolute Gasteiger partial charge is 0.255 e. The van der Waals surface area contributed by atoms with Crippen molar-refractivity contribution in [3.05, 3.63) is 53.2 Å². The Bertz CT molecular complexity index is 1190. The van der Waals surface area contributed by atoms with Crippen LogP contribution in [0.2, 0.25) is 5.15 Å². The van der Waals surface area contributed by atoms with Gasteiger partial charge in [0.15, 0.2) is 0 Å². The number of anilines is 1. The highest BCUT2D eigenvalue weighted by atomic mass is 35.5. The van der Waals surface area contributed by atoms with Crippen molar-refractivity contribution in [3.63, 3.8) is 0 Å². The summed E-state index contributed by atoms with van der Waals surface area (Å²) in [7, 11) is 0. The van der Waals surface area contributed by atoms with Gasteiger partial charge in [0.2, 0.25) is 0 Å². The third-order valence-electron chi connectivity index (χ3n) is 5.64. The Morgan fingerprint density at radius 2 is 2.06 bits per heavy atom. The Morgan fingerprint density at radius 3 is 2.70 bits per heavy atom. The van der Waals surface area contributed by atoms with Gasteiger partial charge in [-0.25, -0.2) is 4.39 Å². The number of aromatic nitrogens is 4. The molecule has 2 heterocycles. The van der Waals surface area contributed by atoms with Gasteiger partial charge in [0, 0.05) is 36.7 Å². The third-order valence-corrected chi connectivity index (χ3v) is 5.92. The monoisotopic (exact) mass is 469 g/mol. The van der Waals surface area contributed by atoms with E-state index in [0.29, 0.717) is 59.2 Å². The predicted molar refractivity (Wildman–Crippen MR) is 131 cm³/mol. The summed E-state index contributed by atoms with van der Waals surface area (Å²) in [5.41, 5.74) is 2.06. The van der Waals surface area contributed by atoms with Crippen LogP contribution < -0.4 is 4.90 Å². The van der Waals surface area contributed by atoms with Crippen LogP contribution in [0.4, 0.5) is 10.2 Å². The van der Waals surface area contributed by atoms with E-state index in [0.717, 1.165) is 0 Å². The SMILES string of the molecule is C=CCN(c1c(-c2c(C)cc(C#CCCCO)cc2F)c(Cl)nc2ncnn12)[C@H](C)C(C)C. The summed E-state index contributed by atoms with van der Waals surface area (Å²) in [6.07, 6.45) is 4.34. The first-order valence-electron chi connectivity index (χ1n) is 11.0. The fraction of sp³-hybridized carbons (Fsp3) is 0.400. The number of hydrogen-bond donors (Lipinski definition) is 1. The number of aryl methyl sites for hydroxylation is 1. The van der Waals surface area contributed by atoms with E-state index < -0.39 is 5.82 Å². The number of rotatable bonds is 8. The molecule has 33 heavy (non-hydrogen) atoms. The fourth-order valence-corrected chi connectivity index (χ4v) is 3.95. The van der Waals surface area contributed by atoms with E-state index in [-0.39, 0.29) is 17.8 Å². The Hall–Kier alpha value is -2.95. The summed E-state index contributed by atoms with van der Waals surface area (Å²) < 4.78 is 17.2. The minimum Gasteiger partial charge on any atom is -0.396 e. The quantitative estimate of drug-likeness (QED) is 0.216. The number of unbranched alkanes of at least 4 members (excludes halogenated alkanes) is 1. The van der Waals surface area contributed by atoms with Crippen LogP contribution in [0.15, 0.2) is 31.1 Å². The van der Waals surface area contributed by atoms with Crippen LogP contribution in [0, 0.1) is 30.5 Å². The van der Waals surface area contributed by atoms with Crippen LogP contribution in [0.3, 0.4) is 0 Å². The van der Waals surface area contributed by atoms with Gasteiger partial charge in [0.25, 0.3) is 5.78 Å². The Morgan fingerprint density at radius 1 is 1.30 bits per heavy atom. The lowest BCUT2D eigenvalue weighted by molar-refractivity contribution is 0.290. The van der Waals surface area contributed by atoms with E-state index in [1.54, 1.807) is 10.6 Å². The average Bonchev–Trinajstić information content (AvgIpc) is 3.22. The first kappa shape index (κ1) is 24.7. The number of benzene rings is 1. The number of halogens is 2. The second-order valence-electron chi connectivity index (χ2n) is 8.28. The van der Waals surface area contributed by atoms with Crippen molar-refractivity contribution in [1.29, 1.82) is 0 Å². The molecule has 0 amide bonds. The molecule has 3 rings (SSSR count). The van der Waals surface area contributed by atoms with Crippen molar-refractivity contribution < 1.29 is 9.50 Å². The van der Waals surface area contributed by atoms with E-state index in [9.17, 15) is 0 Å². The van der Waals surface area contributed by atoms with E-state index in [1.807, 2.05) is 13.0 Å². The summed E-state index contributed by atoms with van der Waals surface area (Å²) >= 11 is 6.67. The van der Waals surface area contributed by atoms with Crippen LogP contribution in [-0.2, 0) is 0 Å². The molecule has 0 bridgehead atoms. The van der Waals surface area contributed by atoms with Gasteiger partial charge < -0.3 is 10.0 Å². The van der Waals surface area contributed by atoms with Crippen molar-refractivity contribution in [1.82, 2.24) is 19.6 Å². The molecule has 0 fully saturated rings. The molecule has 1 aromatic carbocycles. The molecule has 6 nitrogen and oxygen atoms in total. The van der Waals surface area contributed by atoms with Gasteiger partial charge in [-0.2, -0.15) is 19.6 Å². The Labute approximate surface area is 199 Å². The fourth-order valence-electron chi connectivity index (χ4n) is 3.69. The zero-order chi connectivity index (χ0) is 24.1. The molecule has 0 unspecified atom stereocenters. The lowest BCUT2D eigenvalue weighted by Crippen LogP contribution is -2.39. The number of hydrogen-bond acceptors (Lipinski definition) is 5. The molecule has 2 aromatic heterocycles. The normalized spacial score (nSPS) is 12.0. The molecular formula is C25H29ClFN5O. The summed E-state index contributed by atoms with van der Waals surface area (Å²) in [6, 6.07) is 3.32. The van der Waals surface area contributed by atoms with Crippen LogP contribution in [0.1, 0.15) is 44.7 Å². The van der Waals surface area contributed by atoms with Gasteiger partial charge in [0.05, 0.1) is 5.56 Å². The number of nitrogens with zero attached hydrogens (tertiary/aromatic N) is 5. The molecule has 0 radical (unpaired) electrons. The standard InChI is InChI=1S/C25H29ClFN5O/c1-6-11-31(18(5)16(2)3)24-22(23(26)30-25-28-15-29-32(24)25)21-17(4)13-19(14-20(21)27)10-8-7-9-12-33/h6,13-16,18,33H,1,7,9,11-12H2,2-5H3/t18-/m1/s1. The van der Waals surface area contributed by atoms with Gasteiger partial charge in [-0.3, -0.25) is 0 Å². The van der Waals surface area contributed by atoms with Crippen molar-refractivity contribution in [2.75, 3.05) is 18.1 Å². The molecule has 0 saturated heterocycles. The zero-order valence-electron chi connectivity index (χ0n) is 19.4. The second-order valence-corrected chi connectivity index (χ2v) is 8.64. The summed E-state index contributed by atoms with van der Waals surface area (Å²) in [5.74, 6) is 6.75.